The lowest BCUT2D eigenvalue weighted by Gasteiger charge is -2.45. The third-order valence-corrected chi connectivity index (χ3v) is 4.87. The quantitative estimate of drug-likeness (QED) is 0.922. The van der Waals surface area contributed by atoms with E-state index in [4.69, 9.17) is 0 Å². The van der Waals surface area contributed by atoms with Gasteiger partial charge in [-0.05, 0) is 40.9 Å². The molecule has 0 bridgehead atoms. The zero-order chi connectivity index (χ0) is 13.2. The molecule has 1 aliphatic rings. The predicted octanol–water partition coefficient (Wildman–Crippen LogP) is 3.16. The van der Waals surface area contributed by atoms with Crippen LogP contribution in [0, 0.1) is 5.82 Å². The number of nitrogens with one attached hydrogen (secondary N) is 1. The molecule has 4 heteroatoms. The number of halogens is 2. The van der Waals surface area contributed by atoms with Gasteiger partial charge in [0.15, 0.2) is 0 Å². The minimum absolute atomic E-state index is 0.157. The Balaban J connectivity index is 2.19. The molecule has 100 valence electrons. The van der Waals surface area contributed by atoms with Gasteiger partial charge in [-0.3, -0.25) is 4.90 Å². The van der Waals surface area contributed by atoms with E-state index in [9.17, 15) is 4.39 Å². The number of rotatable bonds is 3. The van der Waals surface area contributed by atoms with Crippen LogP contribution in [0.3, 0.4) is 0 Å². The fourth-order valence-corrected chi connectivity index (χ4v) is 2.84. The maximum Gasteiger partial charge on any atom is 0.137 e. The molecule has 1 atom stereocenters. The largest absolute Gasteiger partial charge is 0.314 e. The van der Waals surface area contributed by atoms with E-state index in [0.717, 1.165) is 38.2 Å². The molecule has 0 saturated carbocycles. The lowest BCUT2D eigenvalue weighted by molar-refractivity contribution is 0.0634. The molecular weight excluding hydrogens is 295 g/mol. The molecule has 18 heavy (non-hydrogen) atoms. The van der Waals surface area contributed by atoms with Crippen molar-refractivity contribution in [2.24, 2.45) is 0 Å². The van der Waals surface area contributed by atoms with Crippen LogP contribution in [0.25, 0.3) is 0 Å². The average Bonchev–Trinajstić information content (AvgIpc) is 2.37. The van der Waals surface area contributed by atoms with Crippen LogP contribution in [0.1, 0.15) is 25.8 Å². The Labute approximate surface area is 117 Å². The molecular formula is C14H20BrFN2. The van der Waals surface area contributed by atoms with E-state index < -0.39 is 0 Å². The summed E-state index contributed by atoms with van der Waals surface area (Å²) in [5.41, 5.74) is 1.18. The monoisotopic (exact) mass is 314 g/mol. The van der Waals surface area contributed by atoms with Gasteiger partial charge < -0.3 is 5.32 Å². The number of hydrogen-bond donors (Lipinski definition) is 1. The number of benzene rings is 1. The van der Waals surface area contributed by atoms with Crippen LogP contribution in [0.4, 0.5) is 4.39 Å². The summed E-state index contributed by atoms with van der Waals surface area (Å²) in [5, 5.41) is 3.44. The summed E-state index contributed by atoms with van der Waals surface area (Å²) >= 11 is 3.35. The zero-order valence-electron chi connectivity index (χ0n) is 11.0. The van der Waals surface area contributed by atoms with Crippen molar-refractivity contribution in [2.45, 2.75) is 32.4 Å². The normalized spacial score (nSPS) is 25.3. The first kappa shape index (κ1) is 14.0. The van der Waals surface area contributed by atoms with Crippen molar-refractivity contribution in [1.29, 1.82) is 0 Å². The summed E-state index contributed by atoms with van der Waals surface area (Å²) in [6.07, 6.45) is 1.09. The summed E-state index contributed by atoms with van der Waals surface area (Å²) in [6, 6.07) is 5.26. The Hall–Kier alpha value is -0.450. The first-order valence-corrected chi connectivity index (χ1v) is 7.25. The molecule has 2 rings (SSSR count). The number of hydrogen-bond acceptors (Lipinski definition) is 2. The van der Waals surface area contributed by atoms with E-state index in [0.29, 0.717) is 4.47 Å². The van der Waals surface area contributed by atoms with Gasteiger partial charge >= 0.3 is 0 Å². The highest BCUT2D eigenvalue weighted by atomic mass is 79.9. The lowest BCUT2D eigenvalue weighted by atomic mass is 9.93. The van der Waals surface area contributed by atoms with E-state index in [2.05, 4.69) is 40.0 Å². The smallest absolute Gasteiger partial charge is 0.137 e. The van der Waals surface area contributed by atoms with Crippen molar-refractivity contribution in [1.82, 2.24) is 10.2 Å². The SMILES string of the molecule is CCC1(C)CNCCN1Cc1cccc(F)c1Br. The van der Waals surface area contributed by atoms with Crippen LogP contribution in [-0.2, 0) is 6.54 Å². The highest BCUT2D eigenvalue weighted by Gasteiger charge is 2.32. The summed E-state index contributed by atoms with van der Waals surface area (Å²) in [6.45, 7) is 8.28. The van der Waals surface area contributed by atoms with Crippen molar-refractivity contribution in [3.63, 3.8) is 0 Å². The summed E-state index contributed by atoms with van der Waals surface area (Å²) in [7, 11) is 0. The van der Waals surface area contributed by atoms with Crippen molar-refractivity contribution in [3.8, 4) is 0 Å². The first-order valence-electron chi connectivity index (χ1n) is 6.45. The summed E-state index contributed by atoms with van der Waals surface area (Å²) in [5.74, 6) is -0.180. The second-order valence-corrected chi connectivity index (χ2v) is 5.95. The molecule has 1 aromatic carbocycles. The Morgan fingerprint density at radius 3 is 3.00 bits per heavy atom. The van der Waals surface area contributed by atoms with Crippen molar-refractivity contribution in [3.05, 3.63) is 34.1 Å². The van der Waals surface area contributed by atoms with Gasteiger partial charge in [-0.1, -0.05) is 19.1 Å². The predicted molar refractivity (Wildman–Crippen MR) is 76.1 cm³/mol. The Morgan fingerprint density at radius 1 is 1.50 bits per heavy atom. The van der Waals surface area contributed by atoms with Gasteiger partial charge in [-0.2, -0.15) is 0 Å². The molecule has 1 saturated heterocycles. The summed E-state index contributed by atoms with van der Waals surface area (Å²) in [4.78, 5) is 2.45. The van der Waals surface area contributed by atoms with Gasteiger partial charge in [0.1, 0.15) is 5.82 Å². The maximum atomic E-state index is 13.5. The highest BCUT2D eigenvalue weighted by molar-refractivity contribution is 9.10. The zero-order valence-corrected chi connectivity index (χ0v) is 12.6. The Bertz CT molecular complexity index is 424. The highest BCUT2D eigenvalue weighted by Crippen LogP contribution is 2.27. The molecule has 1 aliphatic heterocycles. The fraction of sp³-hybridized carbons (Fsp3) is 0.571. The van der Waals surface area contributed by atoms with Gasteiger partial charge in [0, 0.05) is 31.7 Å². The average molecular weight is 315 g/mol. The second-order valence-electron chi connectivity index (χ2n) is 5.16. The van der Waals surface area contributed by atoms with E-state index in [-0.39, 0.29) is 11.4 Å². The second kappa shape index (κ2) is 5.68. The van der Waals surface area contributed by atoms with Crippen LogP contribution < -0.4 is 5.32 Å². The van der Waals surface area contributed by atoms with Crippen LogP contribution >= 0.6 is 15.9 Å². The first-order chi connectivity index (χ1) is 8.57. The van der Waals surface area contributed by atoms with Crippen LogP contribution in [0.2, 0.25) is 0 Å². The van der Waals surface area contributed by atoms with Gasteiger partial charge in [-0.15, -0.1) is 0 Å². The minimum Gasteiger partial charge on any atom is -0.314 e. The van der Waals surface area contributed by atoms with Crippen LogP contribution in [-0.4, -0.2) is 30.1 Å². The van der Waals surface area contributed by atoms with Crippen molar-refractivity contribution in [2.75, 3.05) is 19.6 Å². The third-order valence-electron chi connectivity index (χ3n) is 3.98. The molecule has 1 unspecified atom stereocenters. The standard InChI is InChI=1S/C14H20BrFN2/c1-3-14(2)10-17-7-8-18(14)9-11-5-4-6-12(16)13(11)15/h4-6,17H,3,7-10H2,1-2H3. The van der Waals surface area contributed by atoms with E-state index in [1.54, 1.807) is 6.07 Å². The number of nitrogens with zero attached hydrogens (tertiary/aromatic N) is 1. The molecule has 0 amide bonds. The topological polar surface area (TPSA) is 15.3 Å². The van der Waals surface area contributed by atoms with Crippen LogP contribution in [0.5, 0.6) is 0 Å². The lowest BCUT2D eigenvalue weighted by Crippen LogP contribution is -2.58. The molecule has 0 aliphatic carbocycles. The van der Waals surface area contributed by atoms with E-state index in [1.165, 1.54) is 6.07 Å². The number of piperazine rings is 1. The minimum atomic E-state index is -0.180. The third kappa shape index (κ3) is 2.76. The van der Waals surface area contributed by atoms with Crippen LogP contribution in [0.15, 0.2) is 22.7 Å². The molecule has 0 radical (unpaired) electrons. The molecule has 2 nitrogen and oxygen atoms in total. The van der Waals surface area contributed by atoms with Gasteiger partial charge in [-0.25, -0.2) is 4.39 Å². The molecule has 0 aromatic heterocycles. The Morgan fingerprint density at radius 2 is 2.28 bits per heavy atom. The van der Waals surface area contributed by atoms with Gasteiger partial charge in [0.25, 0.3) is 0 Å². The molecule has 1 N–H and O–H groups in total. The Kier molecular flexibility index (Phi) is 4.41. The molecule has 0 spiro atoms. The molecule has 1 fully saturated rings. The summed E-state index contributed by atoms with van der Waals surface area (Å²) < 4.78 is 14.1. The van der Waals surface area contributed by atoms with Crippen molar-refractivity contribution >= 4 is 15.9 Å². The fourth-order valence-electron chi connectivity index (χ4n) is 2.45. The van der Waals surface area contributed by atoms with Gasteiger partial charge in [0.05, 0.1) is 4.47 Å². The molecule has 1 heterocycles. The molecule has 1 aromatic rings. The van der Waals surface area contributed by atoms with E-state index >= 15 is 0 Å². The van der Waals surface area contributed by atoms with E-state index in [1.807, 2.05) is 6.07 Å². The van der Waals surface area contributed by atoms with Crippen molar-refractivity contribution < 1.29 is 4.39 Å². The maximum absolute atomic E-state index is 13.5. The van der Waals surface area contributed by atoms with Gasteiger partial charge in [0.2, 0.25) is 0 Å².